The summed E-state index contributed by atoms with van der Waals surface area (Å²) in [6, 6.07) is 0. The molecule has 0 unspecified atom stereocenters. The van der Waals surface area contributed by atoms with E-state index in [1.165, 1.54) is 6.42 Å². The van der Waals surface area contributed by atoms with E-state index in [1.54, 1.807) is 0 Å². The Morgan fingerprint density at radius 3 is 2.00 bits per heavy atom. The van der Waals surface area contributed by atoms with Crippen LogP contribution in [0.5, 0.6) is 0 Å². The van der Waals surface area contributed by atoms with Crippen molar-refractivity contribution < 1.29 is 14.3 Å². The van der Waals surface area contributed by atoms with Crippen LogP contribution in [0.1, 0.15) is 6.42 Å². The molecule has 2 bridgehead atoms. The number of carbonyl (C=O) groups is 2. The Hall–Kier alpha value is -1.12. The first-order valence-electron chi connectivity index (χ1n) is 5.21. The van der Waals surface area contributed by atoms with Crippen LogP contribution in [0.4, 0.5) is 0 Å². The molecule has 72 valence electrons. The molecule has 0 aromatic heterocycles. The van der Waals surface area contributed by atoms with Crippen molar-refractivity contribution in [2.75, 3.05) is 0 Å². The quantitative estimate of drug-likeness (QED) is 0.321. The van der Waals surface area contributed by atoms with Crippen LogP contribution >= 0.6 is 0 Å². The van der Waals surface area contributed by atoms with Crippen molar-refractivity contribution in [3.63, 3.8) is 0 Å². The molecule has 5 rings (SSSR count). The van der Waals surface area contributed by atoms with Gasteiger partial charge in [-0.1, -0.05) is 12.2 Å². The van der Waals surface area contributed by atoms with Gasteiger partial charge in [-0.05, 0) is 30.1 Å². The lowest BCUT2D eigenvalue weighted by atomic mass is 9.63. The Morgan fingerprint density at radius 2 is 1.50 bits per heavy atom. The van der Waals surface area contributed by atoms with E-state index < -0.39 is 0 Å². The fourth-order valence-electron chi connectivity index (χ4n) is 3.76. The van der Waals surface area contributed by atoms with Gasteiger partial charge in [-0.25, -0.2) is 0 Å². The van der Waals surface area contributed by atoms with Gasteiger partial charge in [0.2, 0.25) is 0 Å². The van der Waals surface area contributed by atoms with Gasteiger partial charge < -0.3 is 4.74 Å². The second-order valence-corrected chi connectivity index (χ2v) is 4.89. The summed E-state index contributed by atoms with van der Waals surface area (Å²) in [4.78, 5) is 23.0. The van der Waals surface area contributed by atoms with Gasteiger partial charge in [0, 0.05) is 0 Å². The van der Waals surface area contributed by atoms with Gasteiger partial charge in [0.05, 0.1) is 11.8 Å². The zero-order valence-electron chi connectivity index (χ0n) is 7.55. The van der Waals surface area contributed by atoms with Gasteiger partial charge in [-0.15, -0.1) is 0 Å². The first-order valence-corrected chi connectivity index (χ1v) is 5.21. The highest BCUT2D eigenvalue weighted by molar-refractivity contribution is 5.97. The summed E-state index contributed by atoms with van der Waals surface area (Å²) in [5.41, 5.74) is 0. The molecule has 1 heterocycles. The molecule has 0 amide bonds. The number of hydrogen-bond acceptors (Lipinski definition) is 3. The Kier molecular flexibility index (Phi) is 1.00. The molecule has 0 aromatic carbocycles. The third-order valence-corrected chi connectivity index (χ3v) is 4.40. The molecule has 3 nitrogen and oxygen atoms in total. The molecule has 14 heavy (non-hydrogen) atoms. The van der Waals surface area contributed by atoms with Crippen LogP contribution in [-0.4, -0.2) is 11.9 Å². The minimum Gasteiger partial charge on any atom is -0.393 e. The molecule has 3 heteroatoms. The van der Waals surface area contributed by atoms with Crippen LogP contribution in [0.3, 0.4) is 0 Å². The first kappa shape index (κ1) is 7.21. The third-order valence-electron chi connectivity index (χ3n) is 4.40. The highest BCUT2D eigenvalue weighted by Crippen LogP contribution is 2.65. The smallest absolute Gasteiger partial charge is 0.318 e. The van der Waals surface area contributed by atoms with Crippen molar-refractivity contribution in [2.45, 2.75) is 6.42 Å². The van der Waals surface area contributed by atoms with E-state index in [0.717, 1.165) is 0 Å². The summed E-state index contributed by atoms with van der Waals surface area (Å²) in [7, 11) is 0. The Morgan fingerprint density at radius 1 is 1.00 bits per heavy atom. The van der Waals surface area contributed by atoms with E-state index in [0.29, 0.717) is 23.7 Å². The molecule has 4 aliphatic carbocycles. The molecule has 2 saturated carbocycles. The van der Waals surface area contributed by atoms with E-state index in [-0.39, 0.29) is 23.8 Å². The monoisotopic (exact) mass is 190 g/mol. The zero-order chi connectivity index (χ0) is 9.45. The fraction of sp³-hybridized carbons (Fsp3) is 0.636. The Balaban J connectivity index is 1.88. The summed E-state index contributed by atoms with van der Waals surface area (Å²) in [5, 5.41) is 0. The number of esters is 2. The van der Waals surface area contributed by atoms with Crippen molar-refractivity contribution in [2.24, 2.45) is 35.5 Å². The number of hydrogen-bond donors (Lipinski definition) is 0. The summed E-state index contributed by atoms with van der Waals surface area (Å²) < 4.78 is 4.74. The molecular weight excluding hydrogens is 180 g/mol. The van der Waals surface area contributed by atoms with Gasteiger partial charge in [0.25, 0.3) is 0 Å². The minimum atomic E-state index is -0.273. The second-order valence-electron chi connectivity index (χ2n) is 4.89. The molecule has 5 aliphatic rings. The van der Waals surface area contributed by atoms with Crippen LogP contribution < -0.4 is 0 Å². The second kappa shape index (κ2) is 1.95. The predicted molar refractivity (Wildman–Crippen MR) is 45.8 cm³/mol. The highest BCUT2D eigenvalue weighted by atomic mass is 16.6. The van der Waals surface area contributed by atoms with Crippen LogP contribution in [0.2, 0.25) is 0 Å². The lowest BCUT2D eigenvalue weighted by Gasteiger charge is -2.36. The molecule has 6 atom stereocenters. The Labute approximate surface area is 81.1 Å². The van der Waals surface area contributed by atoms with Gasteiger partial charge >= 0.3 is 11.9 Å². The van der Waals surface area contributed by atoms with Gasteiger partial charge in [0.1, 0.15) is 0 Å². The molecule has 1 aliphatic heterocycles. The minimum absolute atomic E-state index is 0.138. The first-order chi connectivity index (χ1) is 6.77. The SMILES string of the molecule is O=C1OC(=O)[C@H]2[C@@H]3C=C[C@H]([C@H]4C[C@@H]34)[C@H]12. The number of cyclic esters (lactones) is 2. The number of rotatable bonds is 0. The van der Waals surface area contributed by atoms with Crippen molar-refractivity contribution in [1.82, 2.24) is 0 Å². The lowest BCUT2D eigenvalue weighted by Crippen LogP contribution is -2.40. The summed E-state index contributed by atoms with van der Waals surface area (Å²) in [5.74, 6) is 1.12. The average molecular weight is 190 g/mol. The maximum absolute atomic E-state index is 11.5. The molecule has 0 spiro atoms. The fourth-order valence-corrected chi connectivity index (χ4v) is 3.76. The average Bonchev–Trinajstić information content (AvgIpc) is 2.92. The van der Waals surface area contributed by atoms with Crippen molar-refractivity contribution >= 4 is 11.9 Å². The van der Waals surface area contributed by atoms with Crippen molar-refractivity contribution in [3.05, 3.63) is 12.2 Å². The molecule has 3 fully saturated rings. The highest BCUT2D eigenvalue weighted by Gasteiger charge is 2.66. The van der Waals surface area contributed by atoms with Crippen LogP contribution in [0.15, 0.2) is 12.2 Å². The normalized spacial score (nSPS) is 56.9. The van der Waals surface area contributed by atoms with E-state index in [1.807, 2.05) is 0 Å². The van der Waals surface area contributed by atoms with Crippen LogP contribution in [-0.2, 0) is 14.3 Å². The van der Waals surface area contributed by atoms with Gasteiger partial charge in [0.15, 0.2) is 0 Å². The topological polar surface area (TPSA) is 43.4 Å². The Bertz CT molecular complexity index is 350. The van der Waals surface area contributed by atoms with E-state index in [2.05, 4.69) is 12.2 Å². The van der Waals surface area contributed by atoms with E-state index >= 15 is 0 Å². The molecule has 1 saturated heterocycles. The molecule has 0 N–H and O–H groups in total. The number of carbonyl (C=O) groups excluding carboxylic acids is 2. The summed E-state index contributed by atoms with van der Waals surface area (Å²) in [6.45, 7) is 0. The molecule has 0 aromatic rings. The van der Waals surface area contributed by atoms with Gasteiger partial charge in [-0.2, -0.15) is 0 Å². The zero-order valence-corrected chi connectivity index (χ0v) is 7.55. The molecule has 0 radical (unpaired) electrons. The van der Waals surface area contributed by atoms with Crippen molar-refractivity contribution in [1.29, 1.82) is 0 Å². The maximum atomic E-state index is 11.5. The van der Waals surface area contributed by atoms with Gasteiger partial charge in [-0.3, -0.25) is 9.59 Å². The standard InChI is InChI=1S/C11H10O3/c12-10-8-4-1-2-5(7-3-6(4)7)9(8)11(13)14-10/h1-2,4-9H,3H2/t4-,5-,6-,7+,8+,9+/m1/s1. The van der Waals surface area contributed by atoms with Crippen LogP contribution in [0, 0.1) is 35.5 Å². The van der Waals surface area contributed by atoms with E-state index in [9.17, 15) is 9.59 Å². The summed E-state index contributed by atoms with van der Waals surface area (Å²) >= 11 is 0. The molecular formula is C11H10O3. The summed E-state index contributed by atoms with van der Waals surface area (Å²) in [6.07, 6.45) is 5.48. The number of ether oxygens (including phenoxy) is 1. The van der Waals surface area contributed by atoms with Crippen LogP contribution in [0.25, 0.3) is 0 Å². The van der Waals surface area contributed by atoms with E-state index in [4.69, 9.17) is 4.74 Å². The van der Waals surface area contributed by atoms with Crippen molar-refractivity contribution in [3.8, 4) is 0 Å². The third kappa shape index (κ3) is 0.606. The largest absolute Gasteiger partial charge is 0.393 e. The number of allylic oxidation sites excluding steroid dienone is 2. The lowest BCUT2D eigenvalue weighted by molar-refractivity contribution is -0.154. The predicted octanol–water partition coefficient (Wildman–Crippen LogP) is 0.754. The maximum Gasteiger partial charge on any atom is 0.318 e.